The summed E-state index contributed by atoms with van der Waals surface area (Å²) in [5.41, 5.74) is 2.73. The number of H-pyrrole nitrogens is 1. The molecular formula is C21H21N3O2. The number of ether oxygens (including phenoxy) is 1. The molecule has 2 heterocycles. The van der Waals surface area contributed by atoms with Crippen molar-refractivity contribution >= 4 is 5.91 Å². The molecule has 0 unspecified atom stereocenters. The molecule has 26 heavy (non-hydrogen) atoms. The van der Waals surface area contributed by atoms with Gasteiger partial charge in [0.05, 0.1) is 18.7 Å². The SMILES string of the molecule is CCc1cccc(OC2CN(C(=O)c3ccccc3-c3ncc[nH]3)C2)c1. The van der Waals surface area contributed by atoms with E-state index in [0.29, 0.717) is 24.5 Å². The van der Waals surface area contributed by atoms with Gasteiger partial charge in [0.25, 0.3) is 5.91 Å². The molecule has 1 saturated heterocycles. The lowest BCUT2D eigenvalue weighted by atomic mass is 10.0. The summed E-state index contributed by atoms with van der Waals surface area (Å²) in [5, 5.41) is 0. The van der Waals surface area contributed by atoms with E-state index in [-0.39, 0.29) is 12.0 Å². The molecular weight excluding hydrogens is 326 g/mol. The van der Waals surface area contributed by atoms with Gasteiger partial charge in [0.15, 0.2) is 0 Å². The van der Waals surface area contributed by atoms with Gasteiger partial charge < -0.3 is 14.6 Å². The molecule has 1 amide bonds. The third kappa shape index (κ3) is 3.20. The van der Waals surface area contributed by atoms with Crippen LogP contribution >= 0.6 is 0 Å². The molecule has 3 aromatic rings. The lowest BCUT2D eigenvalue weighted by Gasteiger charge is -2.39. The Labute approximate surface area is 152 Å². The fourth-order valence-corrected chi connectivity index (χ4v) is 3.17. The molecule has 1 N–H and O–H groups in total. The summed E-state index contributed by atoms with van der Waals surface area (Å²) < 4.78 is 6.00. The Kier molecular flexibility index (Phi) is 4.44. The summed E-state index contributed by atoms with van der Waals surface area (Å²) in [6.45, 7) is 3.32. The van der Waals surface area contributed by atoms with Gasteiger partial charge in [0, 0.05) is 18.0 Å². The summed E-state index contributed by atoms with van der Waals surface area (Å²) in [6.07, 6.45) is 4.47. The predicted molar refractivity (Wildman–Crippen MR) is 100 cm³/mol. The molecule has 1 aromatic heterocycles. The van der Waals surface area contributed by atoms with Crippen LogP contribution in [-0.2, 0) is 6.42 Å². The van der Waals surface area contributed by atoms with E-state index in [9.17, 15) is 4.79 Å². The number of nitrogens with zero attached hydrogens (tertiary/aromatic N) is 2. The van der Waals surface area contributed by atoms with Crippen LogP contribution in [0.2, 0.25) is 0 Å². The first-order valence-electron chi connectivity index (χ1n) is 8.88. The van der Waals surface area contributed by atoms with Gasteiger partial charge in [0.1, 0.15) is 17.7 Å². The van der Waals surface area contributed by atoms with Crippen molar-refractivity contribution in [2.75, 3.05) is 13.1 Å². The normalized spacial score (nSPS) is 14.1. The van der Waals surface area contributed by atoms with Gasteiger partial charge in [-0.3, -0.25) is 4.79 Å². The van der Waals surface area contributed by atoms with Crippen molar-refractivity contribution in [1.82, 2.24) is 14.9 Å². The lowest BCUT2D eigenvalue weighted by Crippen LogP contribution is -2.56. The molecule has 1 aliphatic rings. The maximum Gasteiger partial charge on any atom is 0.254 e. The number of likely N-dealkylation sites (tertiary alicyclic amines) is 1. The summed E-state index contributed by atoms with van der Waals surface area (Å²) in [7, 11) is 0. The summed E-state index contributed by atoms with van der Waals surface area (Å²) in [6, 6.07) is 15.7. The fraction of sp³-hybridized carbons (Fsp3) is 0.238. The molecule has 5 nitrogen and oxygen atoms in total. The highest BCUT2D eigenvalue weighted by Crippen LogP contribution is 2.25. The number of aryl methyl sites for hydroxylation is 1. The number of carbonyl (C=O) groups is 1. The Morgan fingerprint density at radius 1 is 1.23 bits per heavy atom. The Hall–Kier alpha value is -3.08. The summed E-state index contributed by atoms with van der Waals surface area (Å²) >= 11 is 0. The van der Waals surface area contributed by atoms with Crippen molar-refractivity contribution in [3.8, 4) is 17.1 Å². The van der Waals surface area contributed by atoms with E-state index >= 15 is 0 Å². The number of hydrogen-bond acceptors (Lipinski definition) is 3. The van der Waals surface area contributed by atoms with E-state index in [0.717, 1.165) is 17.7 Å². The van der Waals surface area contributed by atoms with E-state index in [4.69, 9.17) is 4.74 Å². The molecule has 0 atom stereocenters. The van der Waals surface area contributed by atoms with Gasteiger partial charge in [-0.15, -0.1) is 0 Å². The first-order chi connectivity index (χ1) is 12.7. The number of amides is 1. The summed E-state index contributed by atoms with van der Waals surface area (Å²) in [4.78, 5) is 22.0. The monoisotopic (exact) mass is 347 g/mol. The van der Waals surface area contributed by atoms with Crippen molar-refractivity contribution in [2.45, 2.75) is 19.4 Å². The maximum absolute atomic E-state index is 12.9. The van der Waals surface area contributed by atoms with E-state index in [1.165, 1.54) is 5.56 Å². The largest absolute Gasteiger partial charge is 0.487 e. The topological polar surface area (TPSA) is 58.2 Å². The lowest BCUT2D eigenvalue weighted by molar-refractivity contribution is 0.0178. The van der Waals surface area contributed by atoms with Gasteiger partial charge in [-0.1, -0.05) is 37.3 Å². The summed E-state index contributed by atoms with van der Waals surface area (Å²) in [5.74, 6) is 1.59. The van der Waals surface area contributed by atoms with Crippen LogP contribution in [0.25, 0.3) is 11.4 Å². The Bertz CT molecular complexity index is 899. The minimum Gasteiger partial charge on any atom is -0.487 e. The van der Waals surface area contributed by atoms with Crippen molar-refractivity contribution in [2.24, 2.45) is 0 Å². The zero-order valence-electron chi connectivity index (χ0n) is 14.7. The van der Waals surface area contributed by atoms with Gasteiger partial charge in [-0.05, 0) is 30.2 Å². The molecule has 0 spiro atoms. The number of nitrogens with one attached hydrogen (secondary N) is 1. The van der Waals surface area contributed by atoms with E-state index in [2.05, 4.69) is 29.0 Å². The number of benzene rings is 2. The molecule has 0 bridgehead atoms. The standard InChI is InChI=1S/C21H21N3O2/c1-2-15-6-5-7-16(12-15)26-17-13-24(14-17)21(25)19-9-4-3-8-18(19)20-22-10-11-23-20/h3-12,17H,2,13-14H2,1H3,(H,22,23). The van der Waals surface area contributed by atoms with E-state index in [1.54, 1.807) is 12.4 Å². The number of imidazole rings is 1. The number of carbonyl (C=O) groups excluding carboxylic acids is 1. The Balaban J connectivity index is 1.42. The minimum absolute atomic E-state index is 0.0131. The average molecular weight is 347 g/mol. The molecule has 1 fully saturated rings. The third-order valence-electron chi connectivity index (χ3n) is 4.66. The minimum atomic E-state index is 0.0131. The fourth-order valence-electron chi connectivity index (χ4n) is 3.17. The van der Waals surface area contributed by atoms with Gasteiger partial charge in [-0.25, -0.2) is 4.98 Å². The zero-order chi connectivity index (χ0) is 17.9. The van der Waals surface area contributed by atoms with Crippen LogP contribution in [0.15, 0.2) is 60.9 Å². The van der Waals surface area contributed by atoms with E-state index in [1.807, 2.05) is 41.3 Å². The predicted octanol–water partition coefficient (Wildman–Crippen LogP) is 3.54. The number of aromatic amines is 1. The van der Waals surface area contributed by atoms with Crippen LogP contribution in [0.1, 0.15) is 22.8 Å². The highest BCUT2D eigenvalue weighted by atomic mass is 16.5. The quantitative estimate of drug-likeness (QED) is 0.768. The molecule has 0 saturated carbocycles. The van der Waals surface area contributed by atoms with Gasteiger partial charge in [0.2, 0.25) is 0 Å². The average Bonchev–Trinajstić information content (AvgIpc) is 3.18. The second-order valence-electron chi connectivity index (χ2n) is 6.43. The molecule has 0 aliphatic carbocycles. The Morgan fingerprint density at radius 2 is 2.08 bits per heavy atom. The van der Waals surface area contributed by atoms with Crippen molar-refractivity contribution < 1.29 is 9.53 Å². The number of hydrogen-bond donors (Lipinski definition) is 1. The zero-order valence-corrected chi connectivity index (χ0v) is 14.7. The molecule has 132 valence electrons. The smallest absolute Gasteiger partial charge is 0.254 e. The van der Waals surface area contributed by atoms with Crippen LogP contribution < -0.4 is 4.74 Å². The first kappa shape index (κ1) is 16.4. The first-order valence-corrected chi connectivity index (χ1v) is 8.88. The highest BCUT2D eigenvalue weighted by Gasteiger charge is 2.33. The Morgan fingerprint density at radius 3 is 2.85 bits per heavy atom. The van der Waals surface area contributed by atoms with Crippen molar-refractivity contribution in [1.29, 1.82) is 0 Å². The van der Waals surface area contributed by atoms with Crippen LogP contribution in [-0.4, -0.2) is 40.0 Å². The van der Waals surface area contributed by atoms with E-state index < -0.39 is 0 Å². The molecule has 0 radical (unpaired) electrons. The number of aromatic nitrogens is 2. The van der Waals surface area contributed by atoms with Crippen molar-refractivity contribution in [3.05, 3.63) is 72.1 Å². The third-order valence-corrected chi connectivity index (χ3v) is 4.66. The maximum atomic E-state index is 12.9. The molecule has 4 rings (SSSR count). The van der Waals surface area contributed by atoms with Crippen LogP contribution in [0.4, 0.5) is 0 Å². The van der Waals surface area contributed by atoms with Crippen LogP contribution in [0, 0.1) is 0 Å². The molecule has 5 heteroatoms. The van der Waals surface area contributed by atoms with Crippen molar-refractivity contribution in [3.63, 3.8) is 0 Å². The highest BCUT2D eigenvalue weighted by molar-refractivity contribution is 6.00. The number of rotatable bonds is 5. The second kappa shape index (κ2) is 7.04. The van der Waals surface area contributed by atoms with Gasteiger partial charge >= 0.3 is 0 Å². The second-order valence-corrected chi connectivity index (χ2v) is 6.43. The van der Waals surface area contributed by atoms with Crippen LogP contribution in [0.5, 0.6) is 5.75 Å². The molecule has 1 aliphatic heterocycles. The molecule has 2 aromatic carbocycles. The van der Waals surface area contributed by atoms with Crippen LogP contribution in [0.3, 0.4) is 0 Å². The van der Waals surface area contributed by atoms with Gasteiger partial charge in [-0.2, -0.15) is 0 Å².